The van der Waals surface area contributed by atoms with Gasteiger partial charge in [0.05, 0.1) is 5.54 Å². The van der Waals surface area contributed by atoms with Gasteiger partial charge in [0.25, 0.3) is 0 Å². The summed E-state index contributed by atoms with van der Waals surface area (Å²) in [6, 6.07) is 10.8. The molecule has 1 atom stereocenters. The molecule has 1 unspecified atom stereocenters. The Bertz CT molecular complexity index is 506. The molecule has 24 heavy (non-hydrogen) atoms. The molecule has 136 valence electrons. The molecule has 3 N–H and O–H groups in total. The van der Waals surface area contributed by atoms with Crippen molar-refractivity contribution in [3.05, 3.63) is 35.9 Å². The molecule has 1 aliphatic heterocycles. The van der Waals surface area contributed by atoms with E-state index in [1.165, 1.54) is 12.0 Å². The predicted octanol–water partition coefficient (Wildman–Crippen LogP) is 2.88. The van der Waals surface area contributed by atoms with Crippen LogP contribution in [0.15, 0.2) is 30.3 Å². The van der Waals surface area contributed by atoms with Crippen LogP contribution in [-0.2, 0) is 11.3 Å². The van der Waals surface area contributed by atoms with E-state index in [1.54, 1.807) is 0 Å². The first-order valence-electron chi connectivity index (χ1n) is 8.52. The molecular formula is C18H29Cl2N3O. The molecule has 0 spiro atoms. The lowest BCUT2D eigenvalue weighted by atomic mass is 9.82. The van der Waals surface area contributed by atoms with E-state index in [4.69, 9.17) is 5.73 Å². The molecule has 1 saturated carbocycles. The number of hydrogen-bond acceptors (Lipinski definition) is 3. The third kappa shape index (κ3) is 5.35. The van der Waals surface area contributed by atoms with Crippen molar-refractivity contribution in [3.63, 3.8) is 0 Å². The molecule has 2 fully saturated rings. The Morgan fingerprint density at radius 1 is 1.17 bits per heavy atom. The average molecular weight is 374 g/mol. The van der Waals surface area contributed by atoms with Gasteiger partial charge in [0.2, 0.25) is 5.91 Å². The summed E-state index contributed by atoms with van der Waals surface area (Å²) in [6.07, 6.45) is 6.05. The largest absolute Gasteiger partial charge is 0.350 e. The van der Waals surface area contributed by atoms with Gasteiger partial charge in [-0.05, 0) is 24.8 Å². The number of halogens is 2. The molecule has 6 heteroatoms. The van der Waals surface area contributed by atoms with Crippen LogP contribution >= 0.6 is 24.8 Å². The number of carbonyl (C=O) groups excluding carboxylic acids is 1. The molecule has 0 radical (unpaired) electrons. The monoisotopic (exact) mass is 373 g/mol. The highest BCUT2D eigenvalue weighted by molar-refractivity contribution is 5.86. The fourth-order valence-corrected chi connectivity index (χ4v) is 3.67. The van der Waals surface area contributed by atoms with Gasteiger partial charge < -0.3 is 11.1 Å². The molecule has 0 aromatic heterocycles. The van der Waals surface area contributed by atoms with E-state index in [-0.39, 0.29) is 36.8 Å². The van der Waals surface area contributed by atoms with Gasteiger partial charge in [-0.1, -0.05) is 49.6 Å². The highest BCUT2D eigenvalue weighted by Gasteiger charge is 2.37. The van der Waals surface area contributed by atoms with Gasteiger partial charge >= 0.3 is 0 Å². The highest BCUT2D eigenvalue weighted by atomic mass is 35.5. The lowest BCUT2D eigenvalue weighted by Crippen LogP contribution is -2.57. The lowest BCUT2D eigenvalue weighted by molar-refractivity contribution is -0.128. The minimum atomic E-state index is -0.620. The Balaban J connectivity index is 0.00000144. The lowest BCUT2D eigenvalue weighted by Gasteiger charge is -2.33. The Morgan fingerprint density at radius 2 is 1.83 bits per heavy atom. The van der Waals surface area contributed by atoms with Crippen LogP contribution in [0.1, 0.15) is 44.1 Å². The van der Waals surface area contributed by atoms with Crippen molar-refractivity contribution < 1.29 is 4.79 Å². The van der Waals surface area contributed by atoms with E-state index in [0.717, 1.165) is 51.7 Å². The summed E-state index contributed by atoms with van der Waals surface area (Å²) in [6.45, 7) is 2.93. The maximum Gasteiger partial charge on any atom is 0.240 e. The first kappa shape index (κ1) is 21.2. The molecular weight excluding hydrogens is 345 g/mol. The number of hydrogen-bond donors (Lipinski definition) is 2. The molecule has 3 rings (SSSR count). The second-order valence-electron chi connectivity index (χ2n) is 6.90. The van der Waals surface area contributed by atoms with Gasteiger partial charge in [0.15, 0.2) is 0 Å². The van der Waals surface area contributed by atoms with Crippen molar-refractivity contribution >= 4 is 30.7 Å². The van der Waals surface area contributed by atoms with Crippen LogP contribution in [0, 0.1) is 0 Å². The van der Waals surface area contributed by atoms with Crippen LogP contribution in [0.5, 0.6) is 0 Å². The summed E-state index contributed by atoms with van der Waals surface area (Å²) in [5, 5.41) is 3.20. The van der Waals surface area contributed by atoms with Gasteiger partial charge in [-0.2, -0.15) is 0 Å². The predicted molar refractivity (Wildman–Crippen MR) is 103 cm³/mol. The number of rotatable bonds is 4. The van der Waals surface area contributed by atoms with E-state index in [2.05, 4.69) is 34.5 Å². The standard InChI is InChI=1S/C18H27N3O.2ClH/c19-18(10-5-2-6-11-18)17(22)20-16-9-12-21(14-16)13-15-7-3-1-4-8-15;;/h1,3-4,7-8,16H,2,5-6,9-14,19H2,(H,20,22);2*1H. The maximum atomic E-state index is 12.5. The number of benzene rings is 1. The third-order valence-corrected chi connectivity index (χ3v) is 5.05. The molecule has 4 nitrogen and oxygen atoms in total. The number of nitrogens with one attached hydrogen (secondary N) is 1. The van der Waals surface area contributed by atoms with Crippen LogP contribution in [0.4, 0.5) is 0 Å². The van der Waals surface area contributed by atoms with Crippen molar-refractivity contribution in [2.45, 2.75) is 56.7 Å². The van der Waals surface area contributed by atoms with Crippen molar-refractivity contribution in [2.75, 3.05) is 13.1 Å². The van der Waals surface area contributed by atoms with Gasteiger partial charge in [-0.15, -0.1) is 24.8 Å². The normalized spacial score (nSPS) is 23.0. The molecule has 1 aromatic rings. The topological polar surface area (TPSA) is 58.4 Å². The second kappa shape index (κ2) is 9.62. The van der Waals surface area contributed by atoms with E-state index >= 15 is 0 Å². The summed E-state index contributed by atoms with van der Waals surface area (Å²) in [5.41, 5.74) is 7.02. The van der Waals surface area contributed by atoms with Crippen LogP contribution in [0.2, 0.25) is 0 Å². The van der Waals surface area contributed by atoms with Crippen LogP contribution in [-0.4, -0.2) is 35.5 Å². The quantitative estimate of drug-likeness (QED) is 0.852. The summed E-state index contributed by atoms with van der Waals surface area (Å²) >= 11 is 0. The van der Waals surface area contributed by atoms with Crippen LogP contribution in [0.25, 0.3) is 0 Å². The van der Waals surface area contributed by atoms with Crippen molar-refractivity contribution in [3.8, 4) is 0 Å². The Morgan fingerprint density at radius 3 is 2.50 bits per heavy atom. The van der Waals surface area contributed by atoms with Gasteiger partial charge in [0, 0.05) is 25.7 Å². The first-order chi connectivity index (χ1) is 10.7. The number of nitrogens with two attached hydrogens (primary N) is 1. The first-order valence-corrected chi connectivity index (χ1v) is 8.52. The van der Waals surface area contributed by atoms with Crippen LogP contribution in [0.3, 0.4) is 0 Å². The average Bonchev–Trinajstić information content (AvgIpc) is 2.96. The SMILES string of the molecule is Cl.Cl.NC1(C(=O)NC2CCN(Cc3ccccc3)C2)CCCCC1. The van der Waals surface area contributed by atoms with Gasteiger partial charge in [-0.3, -0.25) is 9.69 Å². The zero-order valence-electron chi connectivity index (χ0n) is 14.1. The van der Waals surface area contributed by atoms with Crippen molar-refractivity contribution in [1.82, 2.24) is 10.2 Å². The molecule has 1 heterocycles. The molecule has 2 aliphatic rings. The summed E-state index contributed by atoms with van der Waals surface area (Å²) in [5.74, 6) is 0.0683. The Hall–Kier alpha value is -0.810. The Kier molecular flexibility index (Phi) is 8.51. The van der Waals surface area contributed by atoms with Crippen LogP contribution < -0.4 is 11.1 Å². The molecule has 0 bridgehead atoms. The highest BCUT2D eigenvalue weighted by Crippen LogP contribution is 2.26. The number of nitrogens with zero attached hydrogens (tertiary/aromatic N) is 1. The number of amides is 1. The minimum Gasteiger partial charge on any atom is -0.350 e. The fourth-order valence-electron chi connectivity index (χ4n) is 3.67. The zero-order valence-corrected chi connectivity index (χ0v) is 15.7. The summed E-state index contributed by atoms with van der Waals surface area (Å²) in [4.78, 5) is 14.9. The van der Waals surface area contributed by atoms with Crippen molar-refractivity contribution in [1.29, 1.82) is 0 Å². The smallest absolute Gasteiger partial charge is 0.240 e. The summed E-state index contributed by atoms with van der Waals surface area (Å²) < 4.78 is 0. The van der Waals surface area contributed by atoms with Gasteiger partial charge in [-0.25, -0.2) is 0 Å². The van der Waals surface area contributed by atoms with E-state index in [9.17, 15) is 4.79 Å². The fraction of sp³-hybridized carbons (Fsp3) is 0.611. The zero-order chi connectivity index (χ0) is 15.4. The molecule has 1 amide bonds. The summed E-state index contributed by atoms with van der Waals surface area (Å²) in [7, 11) is 0. The molecule has 1 aliphatic carbocycles. The second-order valence-corrected chi connectivity index (χ2v) is 6.90. The van der Waals surface area contributed by atoms with Gasteiger partial charge in [0.1, 0.15) is 0 Å². The van der Waals surface area contributed by atoms with Crippen molar-refractivity contribution in [2.24, 2.45) is 5.73 Å². The minimum absolute atomic E-state index is 0. The maximum absolute atomic E-state index is 12.5. The number of carbonyl (C=O) groups is 1. The third-order valence-electron chi connectivity index (χ3n) is 5.05. The Labute approximate surface area is 157 Å². The van der Waals surface area contributed by atoms with E-state index in [0.29, 0.717) is 0 Å². The van der Waals surface area contributed by atoms with E-state index in [1.807, 2.05) is 6.07 Å². The number of likely N-dealkylation sites (tertiary alicyclic amines) is 1. The van der Waals surface area contributed by atoms with E-state index < -0.39 is 5.54 Å². The molecule has 1 saturated heterocycles. The molecule has 1 aromatic carbocycles.